The first-order chi connectivity index (χ1) is 12.9. The minimum absolute atomic E-state index is 0.104. The van der Waals surface area contributed by atoms with Crippen LogP contribution < -0.4 is 4.72 Å². The molecule has 0 aliphatic heterocycles. The van der Waals surface area contributed by atoms with Gasteiger partial charge in [-0.3, -0.25) is 9.59 Å². The molecule has 0 atom stereocenters. The topological polar surface area (TPSA) is 92.8 Å². The van der Waals surface area contributed by atoms with E-state index in [0.717, 1.165) is 10.8 Å². The fourth-order valence-corrected chi connectivity index (χ4v) is 3.65. The third-order valence-corrected chi connectivity index (χ3v) is 5.58. The summed E-state index contributed by atoms with van der Waals surface area (Å²) in [5.74, 6) is -0.901. The molecular weight excluding hydrogens is 368 g/mol. The van der Waals surface area contributed by atoms with Gasteiger partial charge in [0.25, 0.3) is 5.91 Å². The third kappa shape index (κ3) is 5.77. The maximum atomic E-state index is 12.4. The molecule has 8 heteroatoms. The second kappa shape index (κ2) is 9.48. The van der Waals surface area contributed by atoms with Crippen molar-refractivity contribution in [1.29, 1.82) is 0 Å². The summed E-state index contributed by atoms with van der Waals surface area (Å²) in [7, 11) is -3.73. The molecule has 2 aromatic carbocycles. The summed E-state index contributed by atoms with van der Waals surface area (Å²) < 4.78 is 32.0. The second-order valence-electron chi connectivity index (χ2n) is 5.88. The fraction of sp³-hybridized carbons (Fsp3) is 0.368. The van der Waals surface area contributed by atoms with Crippen LogP contribution in [0.15, 0.2) is 47.4 Å². The lowest BCUT2D eigenvalue weighted by atomic mass is 10.1. The van der Waals surface area contributed by atoms with E-state index in [4.69, 9.17) is 4.74 Å². The Hall–Kier alpha value is -2.45. The number of hydrogen-bond donors (Lipinski definition) is 1. The molecule has 0 aromatic heterocycles. The Balaban J connectivity index is 1.85. The minimum atomic E-state index is -3.73. The van der Waals surface area contributed by atoms with Gasteiger partial charge in [0.2, 0.25) is 10.0 Å². The number of carbonyl (C=O) groups is 2. The van der Waals surface area contributed by atoms with Crippen LogP contribution in [0.2, 0.25) is 0 Å². The lowest BCUT2D eigenvalue weighted by molar-refractivity contribution is -0.151. The highest BCUT2D eigenvalue weighted by Gasteiger charge is 2.16. The smallest absolute Gasteiger partial charge is 0.307 e. The van der Waals surface area contributed by atoms with Gasteiger partial charge in [-0.1, -0.05) is 30.3 Å². The van der Waals surface area contributed by atoms with Crippen LogP contribution in [-0.4, -0.2) is 51.4 Å². The number of sulfonamides is 1. The van der Waals surface area contributed by atoms with E-state index in [1.54, 1.807) is 17.0 Å². The monoisotopic (exact) mass is 392 g/mol. The van der Waals surface area contributed by atoms with E-state index in [1.807, 2.05) is 38.1 Å². The van der Waals surface area contributed by atoms with Crippen molar-refractivity contribution in [2.24, 2.45) is 0 Å². The highest BCUT2D eigenvalue weighted by molar-refractivity contribution is 7.89. The first kappa shape index (κ1) is 20.9. The summed E-state index contributed by atoms with van der Waals surface area (Å²) >= 11 is 0. The Morgan fingerprint density at radius 1 is 1.04 bits per heavy atom. The van der Waals surface area contributed by atoms with E-state index in [9.17, 15) is 18.0 Å². The van der Waals surface area contributed by atoms with Crippen molar-refractivity contribution in [1.82, 2.24) is 9.62 Å². The lowest BCUT2D eigenvalue weighted by Crippen LogP contribution is -2.34. The molecule has 0 saturated heterocycles. The molecule has 2 aromatic rings. The molecule has 0 saturated carbocycles. The number of ether oxygens (including phenoxy) is 1. The predicted molar refractivity (Wildman–Crippen MR) is 103 cm³/mol. The van der Waals surface area contributed by atoms with Gasteiger partial charge in [0.1, 0.15) is 0 Å². The quantitative estimate of drug-likeness (QED) is 0.658. The van der Waals surface area contributed by atoms with Gasteiger partial charge in [-0.2, -0.15) is 0 Å². The molecule has 0 bridgehead atoms. The average Bonchev–Trinajstić information content (AvgIpc) is 2.66. The maximum Gasteiger partial charge on any atom is 0.307 e. The van der Waals surface area contributed by atoms with Gasteiger partial charge in [0, 0.05) is 19.6 Å². The Bertz CT molecular complexity index is 907. The number of likely N-dealkylation sites (N-methyl/N-ethyl adjacent to an activating group) is 1. The molecule has 0 aliphatic carbocycles. The molecule has 2 rings (SSSR count). The third-order valence-electron chi connectivity index (χ3n) is 4.13. The highest BCUT2D eigenvalue weighted by atomic mass is 32.2. The SMILES string of the molecule is CCN(CC)C(=O)COC(=O)CCNS(=O)(=O)c1ccc2ccccc2c1. The lowest BCUT2D eigenvalue weighted by Gasteiger charge is -2.18. The van der Waals surface area contributed by atoms with Crippen LogP contribution in [0.4, 0.5) is 0 Å². The van der Waals surface area contributed by atoms with Crippen molar-refractivity contribution < 1.29 is 22.7 Å². The molecule has 0 spiro atoms. The van der Waals surface area contributed by atoms with Crippen LogP contribution in [0.25, 0.3) is 10.8 Å². The normalized spacial score (nSPS) is 11.3. The maximum absolute atomic E-state index is 12.4. The zero-order valence-corrected chi connectivity index (χ0v) is 16.3. The number of esters is 1. The number of hydrogen-bond acceptors (Lipinski definition) is 5. The molecule has 7 nitrogen and oxygen atoms in total. The summed E-state index contributed by atoms with van der Waals surface area (Å²) in [6.45, 7) is 4.32. The van der Waals surface area contributed by atoms with E-state index in [2.05, 4.69) is 4.72 Å². The molecule has 1 N–H and O–H groups in total. The van der Waals surface area contributed by atoms with Crippen molar-refractivity contribution in [3.63, 3.8) is 0 Å². The molecule has 27 heavy (non-hydrogen) atoms. The number of nitrogens with one attached hydrogen (secondary N) is 1. The second-order valence-corrected chi connectivity index (χ2v) is 7.65. The Labute approximate surface area is 159 Å². The largest absolute Gasteiger partial charge is 0.456 e. The zero-order valence-electron chi connectivity index (χ0n) is 15.5. The standard InChI is InChI=1S/C19H24N2O5S/c1-3-21(4-2)18(22)14-26-19(23)11-12-20-27(24,25)17-10-9-15-7-5-6-8-16(15)13-17/h5-10,13,20H,3-4,11-12,14H2,1-2H3. The highest BCUT2D eigenvalue weighted by Crippen LogP contribution is 2.18. The van der Waals surface area contributed by atoms with Crippen LogP contribution in [0.3, 0.4) is 0 Å². The van der Waals surface area contributed by atoms with Crippen LogP contribution in [-0.2, 0) is 24.3 Å². The van der Waals surface area contributed by atoms with E-state index < -0.39 is 16.0 Å². The molecule has 146 valence electrons. The van der Waals surface area contributed by atoms with Gasteiger partial charge in [-0.15, -0.1) is 0 Å². The van der Waals surface area contributed by atoms with Gasteiger partial charge in [0.15, 0.2) is 6.61 Å². The number of benzene rings is 2. The van der Waals surface area contributed by atoms with Gasteiger partial charge < -0.3 is 9.64 Å². The summed E-state index contributed by atoms with van der Waals surface area (Å²) in [6, 6.07) is 12.3. The van der Waals surface area contributed by atoms with E-state index in [0.29, 0.717) is 13.1 Å². The molecule has 0 heterocycles. The van der Waals surface area contributed by atoms with Crippen molar-refractivity contribution in [2.75, 3.05) is 26.2 Å². The van der Waals surface area contributed by atoms with E-state index in [-0.39, 0.29) is 30.4 Å². The molecule has 1 amide bonds. The minimum Gasteiger partial charge on any atom is -0.456 e. The van der Waals surface area contributed by atoms with Crippen molar-refractivity contribution >= 4 is 32.7 Å². The van der Waals surface area contributed by atoms with Crippen LogP contribution >= 0.6 is 0 Å². The number of nitrogens with zero attached hydrogens (tertiary/aromatic N) is 1. The van der Waals surface area contributed by atoms with Crippen LogP contribution in [0.5, 0.6) is 0 Å². The summed E-state index contributed by atoms with van der Waals surface area (Å²) in [5, 5.41) is 1.76. The summed E-state index contributed by atoms with van der Waals surface area (Å²) in [5.41, 5.74) is 0. The van der Waals surface area contributed by atoms with Gasteiger partial charge >= 0.3 is 5.97 Å². The number of rotatable bonds is 9. The van der Waals surface area contributed by atoms with E-state index >= 15 is 0 Å². The number of carbonyl (C=O) groups excluding carboxylic acids is 2. The van der Waals surface area contributed by atoms with Crippen molar-refractivity contribution in [2.45, 2.75) is 25.2 Å². The average molecular weight is 392 g/mol. The van der Waals surface area contributed by atoms with Crippen molar-refractivity contribution in [3.8, 4) is 0 Å². The molecule has 0 unspecified atom stereocenters. The van der Waals surface area contributed by atoms with Crippen LogP contribution in [0, 0.1) is 0 Å². The Morgan fingerprint density at radius 3 is 2.37 bits per heavy atom. The van der Waals surface area contributed by atoms with E-state index in [1.165, 1.54) is 6.07 Å². The predicted octanol–water partition coefficient (Wildman–Crippen LogP) is 1.92. The van der Waals surface area contributed by atoms with Crippen LogP contribution in [0.1, 0.15) is 20.3 Å². The first-order valence-electron chi connectivity index (χ1n) is 8.79. The zero-order chi connectivity index (χ0) is 19.9. The number of amides is 1. The molecule has 0 radical (unpaired) electrons. The summed E-state index contributed by atoms with van der Waals surface area (Å²) in [4.78, 5) is 25.2. The molecular formula is C19H24N2O5S. The van der Waals surface area contributed by atoms with Crippen molar-refractivity contribution in [3.05, 3.63) is 42.5 Å². The molecule has 0 fully saturated rings. The Morgan fingerprint density at radius 2 is 1.70 bits per heavy atom. The fourth-order valence-electron chi connectivity index (χ4n) is 2.59. The first-order valence-corrected chi connectivity index (χ1v) is 10.3. The Kier molecular flexibility index (Phi) is 7.32. The van der Waals surface area contributed by atoms with Gasteiger partial charge in [-0.25, -0.2) is 13.1 Å². The van der Waals surface area contributed by atoms with Gasteiger partial charge in [-0.05, 0) is 36.8 Å². The summed E-state index contributed by atoms with van der Waals surface area (Å²) in [6.07, 6.45) is -0.154. The molecule has 0 aliphatic rings. The van der Waals surface area contributed by atoms with Gasteiger partial charge in [0.05, 0.1) is 11.3 Å². The number of fused-ring (bicyclic) bond motifs is 1.